The van der Waals surface area contributed by atoms with Crippen LogP contribution in [0.3, 0.4) is 0 Å². The van der Waals surface area contributed by atoms with Crippen molar-refractivity contribution in [3.8, 4) is 0 Å². The third-order valence-corrected chi connectivity index (χ3v) is 5.09. The van der Waals surface area contributed by atoms with Crippen LogP contribution in [-0.4, -0.2) is 0 Å². The van der Waals surface area contributed by atoms with E-state index in [0.29, 0.717) is 35.4 Å². The lowest BCUT2D eigenvalue weighted by atomic mass is 10.0. The summed E-state index contributed by atoms with van der Waals surface area (Å²) in [6, 6.07) is 7.81. The van der Waals surface area contributed by atoms with E-state index in [9.17, 15) is 52.7 Å². The maximum Gasteiger partial charge on any atom is 0.416 e. The zero-order valence-electron chi connectivity index (χ0n) is 18.6. The van der Waals surface area contributed by atoms with Crippen LogP contribution in [0.25, 0.3) is 24.3 Å². The van der Waals surface area contributed by atoms with Gasteiger partial charge in [0.05, 0.1) is 22.3 Å². The molecule has 3 aromatic rings. The number of rotatable bonds is 4. The minimum Gasteiger partial charge on any atom is -0.166 e. The third-order valence-electron chi connectivity index (χ3n) is 5.09. The van der Waals surface area contributed by atoms with Crippen molar-refractivity contribution in [3.63, 3.8) is 0 Å². The molecule has 0 aliphatic heterocycles. The maximum absolute atomic E-state index is 13.0. The van der Waals surface area contributed by atoms with Gasteiger partial charge in [-0.05, 0) is 58.7 Å². The van der Waals surface area contributed by atoms with E-state index >= 15 is 0 Å². The van der Waals surface area contributed by atoms with E-state index in [1.807, 2.05) is 0 Å². The molecular formula is C26H14F12. The van der Waals surface area contributed by atoms with E-state index in [-0.39, 0.29) is 23.3 Å². The van der Waals surface area contributed by atoms with E-state index in [4.69, 9.17) is 0 Å². The van der Waals surface area contributed by atoms with E-state index in [0.717, 1.165) is 12.2 Å². The molecule has 0 amide bonds. The fraction of sp³-hybridized carbons (Fsp3) is 0.154. The Morgan fingerprint density at radius 3 is 0.737 bits per heavy atom. The highest BCUT2D eigenvalue weighted by atomic mass is 19.4. The number of halogens is 12. The molecule has 0 saturated heterocycles. The van der Waals surface area contributed by atoms with Crippen molar-refractivity contribution in [1.29, 1.82) is 0 Å². The first-order chi connectivity index (χ1) is 17.3. The van der Waals surface area contributed by atoms with E-state index in [2.05, 4.69) is 0 Å². The second-order valence-electron chi connectivity index (χ2n) is 8.01. The van der Waals surface area contributed by atoms with Crippen molar-refractivity contribution in [1.82, 2.24) is 0 Å². The summed E-state index contributed by atoms with van der Waals surface area (Å²) in [5, 5.41) is 0. The first-order valence-corrected chi connectivity index (χ1v) is 10.4. The van der Waals surface area contributed by atoms with Gasteiger partial charge < -0.3 is 0 Å². The lowest BCUT2D eigenvalue weighted by Crippen LogP contribution is -2.11. The van der Waals surface area contributed by atoms with Gasteiger partial charge in [-0.3, -0.25) is 0 Å². The quantitative estimate of drug-likeness (QED) is 0.222. The van der Waals surface area contributed by atoms with Gasteiger partial charge in [0.2, 0.25) is 0 Å². The largest absolute Gasteiger partial charge is 0.416 e. The predicted molar refractivity (Wildman–Crippen MR) is 117 cm³/mol. The van der Waals surface area contributed by atoms with Crippen LogP contribution in [0.1, 0.15) is 44.5 Å². The average molecular weight is 554 g/mol. The number of benzene rings is 3. The van der Waals surface area contributed by atoms with Crippen LogP contribution in [0.15, 0.2) is 60.7 Å². The van der Waals surface area contributed by atoms with Gasteiger partial charge in [-0.1, -0.05) is 48.6 Å². The van der Waals surface area contributed by atoms with Crippen LogP contribution < -0.4 is 0 Å². The second kappa shape index (κ2) is 10.2. The molecule has 12 heteroatoms. The lowest BCUT2D eigenvalue weighted by molar-refractivity contribution is -0.144. The standard InChI is InChI=1S/C26H14F12/c27-23(28,29)19-9-17(10-20(13-19)24(30,31)32)7-5-15-1-2-16(4-3-15)6-8-18-11-21(25(33,34)35)14-22(12-18)26(36,37)38/h1-14H. The summed E-state index contributed by atoms with van der Waals surface area (Å²) in [5.74, 6) is 0. The maximum atomic E-state index is 13.0. The van der Waals surface area contributed by atoms with E-state index in [1.54, 1.807) is 0 Å². The highest BCUT2D eigenvalue weighted by Gasteiger charge is 2.37. The van der Waals surface area contributed by atoms with Crippen molar-refractivity contribution in [3.05, 3.63) is 105 Å². The molecule has 0 aliphatic carbocycles. The summed E-state index contributed by atoms with van der Waals surface area (Å²) < 4.78 is 156. The van der Waals surface area contributed by atoms with Crippen molar-refractivity contribution >= 4 is 24.3 Å². The van der Waals surface area contributed by atoms with Gasteiger partial charge >= 0.3 is 24.7 Å². The van der Waals surface area contributed by atoms with Gasteiger partial charge in [-0.2, -0.15) is 52.7 Å². The first-order valence-electron chi connectivity index (χ1n) is 10.4. The summed E-state index contributed by atoms with van der Waals surface area (Å²) >= 11 is 0. The Bertz CT molecular complexity index is 1160. The molecule has 0 atom stereocenters. The molecule has 0 fully saturated rings. The number of alkyl halides is 12. The monoisotopic (exact) mass is 554 g/mol. The van der Waals surface area contributed by atoms with Crippen LogP contribution in [0.4, 0.5) is 52.7 Å². The summed E-state index contributed by atoms with van der Waals surface area (Å²) in [6.07, 6.45) is -15.4. The van der Waals surface area contributed by atoms with Gasteiger partial charge in [0.15, 0.2) is 0 Å². The highest BCUT2D eigenvalue weighted by Crippen LogP contribution is 2.38. The van der Waals surface area contributed by atoms with Crippen LogP contribution in [0.2, 0.25) is 0 Å². The molecule has 0 aliphatic rings. The molecule has 3 aromatic carbocycles. The molecular weight excluding hydrogens is 540 g/mol. The molecule has 0 spiro atoms. The molecule has 0 saturated carbocycles. The summed E-state index contributed by atoms with van der Waals surface area (Å²) in [7, 11) is 0. The van der Waals surface area contributed by atoms with Crippen molar-refractivity contribution in [2.24, 2.45) is 0 Å². The van der Waals surface area contributed by atoms with Gasteiger partial charge in [0.1, 0.15) is 0 Å². The Hall–Kier alpha value is -3.70. The minimum absolute atomic E-state index is 0.000530. The van der Waals surface area contributed by atoms with Crippen molar-refractivity contribution in [2.45, 2.75) is 24.7 Å². The molecule has 202 valence electrons. The molecule has 38 heavy (non-hydrogen) atoms. The van der Waals surface area contributed by atoms with Gasteiger partial charge in [-0.25, -0.2) is 0 Å². The van der Waals surface area contributed by atoms with Crippen LogP contribution in [0.5, 0.6) is 0 Å². The Balaban J connectivity index is 1.85. The van der Waals surface area contributed by atoms with E-state index < -0.39 is 47.0 Å². The zero-order chi connectivity index (χ0) is 28.5. The Morgan fingerprint density at radius 2 is 0.526 bits per heavy atom. The molecule has 0 aromatic heterocycles. The number of hydrogen-bond acceptors (Lipinski definition) is 0. The molecule has 0 N–H and O–H groups in total. The van der Waals surface area contributed by atoms with Crippen LogP contribution >= 0.6 is 0 Å². The fourth-order valence-electron chi connectivity index (χ4n) is 3.25. The minimum atomic E-state index is -5.00. The normalized spacial score (nSPS) is 13.6. The third kappa shape index (κ3) is 7.65. The molecule has 3 rings (SSSR count). The molecule has 0 radical (unpaired) electrons. The topological polar surface area (TPSA) is 0 Å². The SMILES string of the molecule is FC(F)(F)c1cc(C=Cc2ccc(C=Cc3cc(C(F)(F)F)cc(C(F)(F)F)c3)cc2)cc(C(F)(F)F)c1. The summed E-state index contributed by atoms with van der Waals surface area (Å²) in [6.45, 7) is 0. The number of hydrogen-bond donors (Lipinski definition) is 0. The Kier molecular flexibility index (Phi) is 7.76. The molecule has 0 unspecified atom stereocenters. The van der Waals surface area contributed by atoms with Gasteiger partial charge in [0, 0.05) is 0 Å². The van der Waals surface area contributed by atoms with Crippen LogP contribution in [-0.2, 0) is 24.7 Å². The summed E-state index contributed by atoms with van der Waals surface area (Å²) in [4.78, 5) is 0. The average Bonchev–Trinajstić information content (AvgIpc) is 2.79. The molecule has 0 heterocycles. The lowest BCUT2D eigenvalue weighted by Gasteiger charge is -2.13. The van der Waals surface area contributed by atoms with Gasteiger partial charge in [0.25, 0.3) is 0 Å². The van der Waals surface area contributed by atoms with Crippen molar-refractivity contribution in [2.75, 3.05) is 0 Å². The first kappa shape index (κ1) is 28.9. The zero-order valence-corrected chi connectivity index (χ0v) is 18.6. The second-order valence-corrected chi connectivity index (χ2v) is 8.01. The Morgan fingerprint density at radius 1 is 0.316 bits per heavy atom. The molecule has 0 bridgehead atoms. The fourth-order valence-corrected chi connectivity index (χ4v) is 3.25. The predicted octanol–water partition coefficient (Wildman–Crippen LogP) is 10.1. The molecule has 0 nitrogen and oxygen atoms in total. The Labute approximate surface area is 207 Å². The van der Waals surface area contributed by atoms with Crippen LogP contribution in [0, 0.1) is 0 Å². The van der Waals surface area contributed by atoms with E-state index in [1.165, 1.54) is 36.4 Å². The van der Waals surface area contributed by atoms with Crippen molar-refractivity contribution < 1.29 is 52.7 Å². The highest BCUT2D eigenvalue weighted by molar-refractivity contribution is 5.73. The smallest absolute Gasteiger partial charge is 0.166 e. The van der Waals surface area contributed by atoms with Gasteiger partial charge in [-0.15, -0.1) is 0 Å². The summed E-state index contributed by atoms with van der Waals surface area (Å²) in [5.41, 5.74) is -5.92.